The molecule has 0 saturated carbocycles. The normalized spacial score (nSPS) is 17.6. The third-order valence-corrected chi connectivity index (χ3v) is 5.64. The minimum absolute atomic E-state index is 0.576. The first kappa shape index (κ1) is 17.9. The fraction of sp³-hybridized carbons (Fsp3) is 0.474. The molecule has 2 heterocycles. The molecule has 134 valence electrons. The van der Waals surface area contributed by atoms with Gasteiger partial charge in [-0.3, -0.25) is 0 Å². The van der Waals surface area contributed by atoms with Gasteiger partial charge in [-0.25, -0.2) is 9.98 Å². The largest absolute Gasteiger partial charge is 0.357 e. The predicted molar refractivity (Wildman–Crippen MR) is 106 cm³/mol. The first-order valence-corrected chi connectivity index (χ1v) is 10.1. The van der Waals surface area contributed by atoms with Crippen LogP contribution < -0.4 is 10.6 Å². The molecule has 0 aliphatic carbocycles. The maximum atomic E-state index is 4.72. The third kappa shape index (κ3) is 5.53. The highest BCUT2D eigenvalue weighted by Crippen LogP contribution is 2.25. The van der Waals surface area contributed by atoms with Gasteiger partial charge in [-0.2, -0.15) is 11.8 Å². The zero-order chi connectivity index (χ0) is 17.3. The first-order chi connectivity index (χ1) is 12.3. The molecule has 1 unspecified atom stereocenters. The second-order valence-electron chi connectivity index (χ2n) is 6.17. The number of nitrogens with zero attached hydrogens (tertiary/aromatic N) is 3. The molecule has 0 radical (unpaired) electrons. The molecule has 5 nitrogen and oxygen atoms in total. The lowest BCUT2D eigenvalue weighted by Crippen LogP contribution is -2.40. The maximum Gasteiger partial charge on any atom is 0.191 e. The molecule has 0 amide bonds. The Bertz CT molecular complexity index is 661. The minimum atomic E-state index is 0.576. The van der Waals surface area contributed by atoms with Crippen molar-refractivity contribution < 1.29 is 0 Å². The second kappa shape index (κ2) is 9.51. The molecule has 0 spiro atoms. The number of hydrogen-bond donors (Lipinski definition) is 2. The van der Waals surface area contributed by atoms with Crippen LogP contribution in [-0.4, -0.2) is 39.6 Å². The van der Waals surface area contributed by atoms with Gasteiger partial charge in [0.05, 0.1) is 0 Å². The van der Waals surface area contributed by atoms with E-state index in [-0.39, 0.29) is 0 Å². The van der Waals surface area contributed by atoms with Crippen LogP contribution >= 0.6 is 11.8 Å². The zero-order valence-electron chi connectivity index (χ0n) is 14.8. The summed E-state index contributed by atoms with van der Waals surface area (Å²) in [5, 5.41) is 7.52. The Morgan fingerprint density at radius 1 is 1.32 bits per heavy atom. The molecule has 1 fully saturated rings. The minimum Gasteiger partial charge on any atom is -0.357 e. The molecule has 1 aliphatic rings. The van der Waals surface area contributed by atoms with E-state index in [9.17, 15) is 0 Å². The Balaban J connectivity index is 1.59. The van der Waals surface area contributed by atoms with Crippen molar-refractivity contribution in [3.63, 3.8) is 0 Å². The Kier molecular flexibility index (Phi) is 6.79. The van der Waals surface area contributed by atoms with Crippen LogP contribution in [0, 0.1) is 0 Å². The van der Waals surface area contributed by atoms with E-state index in [2.05, 4.69) is 63.1 Å². The summed E-state index contributed by atoms with van der Waals surface area (Å²) in [5.74, 6) is 3.15. The third-order valence-electron chi connectivity index (χ3n) is 4.24. The Morgan fingerprint density at radius 3 is 2.96 bits per heavy atom. The molecule has 25 heavy (non-hydrogen) atoms. The van der Waals surface area contributed by atoms with Crippen molar-refractivity contribution in [1.29, 1.82) is 0 Å². The summed E-state index contributed by atoms with van der Waals surface area (Å²) in [5.41, 5.74) is 1.27. The van der Waals surface area contributed by atoms with Gasteiger partial charge in [0.15, 0.2) is 5.96 Å². The van der Waals surface area contributed by atoms with E-state index in [1.807, 2.05) is 18.5 Å². The molecule has 1 aromatic heterocycles. The van der Waals surface area contributed by atoms with E-state index in [1.165, 1.54) is 24.2 Å². The Labute approximate surface area is 154 Å². The summed E-state index contributed by atoms with van der Waals surface area (Å²) >= 11 is 2.06. The number of hydrogen-bond acceptors (Lipinski definition) is 3. The van der Waals surface area contributed by atoms with Crippen LogP contribution in [0.1, 0.15) is 31.2 Å². The molecular weight excluding hydrogens is 330 g/mol. The van der Waals surface area contributed by atoms with E-state index >= 15 is 0 Å². The highest BCUT2D eigenvalue weighted by Gasteiger charge is 2.15. The number of guanidine groups is 1. The molecule has 2 aromatic rings. The molecule has 1 atom stereocenters. The van der Waals surface area contributed by atoms with Crippen LogP contribution in [0.4, 0.5) is 0 Å². The number of thioether (sulfide) groups is 1. The van der Waals surface area contributed by atoms with Crippen molar-refractivity contribution in [3.05, 3.63) is 54.1 Å². The maximum absolute atomic E-state index is 4.72. The lowest BCUT2D eigenvalue weighted by Gasteiger charge is -2.14. The van der Waals surface area contributed by atoms with E-state index in [0.717, 1.165) is 31.4 Å². The van der Waals surface area contributed by atoms with Crippen LogP contribution in [0.3, 0.4) is 0 Å². The van der Waals surface area contributed by atoms with E-state index < -0.39 is 0 Å². The lowest BCUT2D eigenvalue weighted by molar-refractivity contribution is 0.706. The van der Waals surface area contributed by atoms with Gasteiger partial charge in [0, 0.05) is 37.3 Å². The number of aromatic nitrogens is 2. The lowest BCUT2D eigenvalue weighted by atomic mass is 10.2. The van der Waals surface area contributed by atoms with Crippen molar-refractivity contribution >= 4 is 17.7 Å². The fourth-order valence-electron chi connectivity index (χ4n) is 2.92. The first-order valence-electron chi connectivity index (χ1n) is 9.03. The zero-order valence-corrected chi connectivity index (χ0v) is 15.6. The van der Waals surface area contributed by atoms with E-state index in [1.54, 1.807) is 0 Å². The van der Waals surface area contributed by atoms with Crippen molar-refractivity contribution in [1.82, 2.24) is 20.2 Å². The van der Waals surface area contributed by atoms with Crippen LogP contribution in [-0.2, 0) is 13.1 Å². The average molecular weight is 358 g/mol. The van der Waals surface area contributed by atoms with E-state index in [4.69, 9.17) is 4.99 Å². The van der Waals surface area contributed by atoms with Crippen molar-refractivity contribution in [2.24, 2.45) is 4.99 Å². The number of rotatable bonds is 7. The second-order valence-corrected chi connectivity index (χ2v) is 7.58. The van der Waals surface area contributed by atoms with Crippen molar-refractivity contribution in [3.8, 4) is 0 Å². The number of nitrogens with one attached hydrogen (secondary N) is 2. The van der Waals surface area contributed by atoms with Gasteiger partial charge in [-0.1, -0.05) is 30.3 Å². The van der Waals surface area contributed by atoms with Crippen molar-refractivity contribution in [2.75, 3.05) is 18.8 Å². The molecule has 1 aromatic carbocycles. The summed E-state index contributed by atoms with van der Waals surface area (Å²) in [6, 6.07) is 10.5. The van der Waals surface area contributed by atoms with Gasteiger partial charge in [0.25, 0.3) is 0 Å². The molecule has 6 heteroatoms. The average Bonchev–Trinajstić information content (AvgIpc) is 3.30. The van der Waals surface area contributed by atoms with Crippen LogP contribution in [0.5, 0.6) is 0 Å². The van der Waals surface area contributed by atoms with Gasteiger partial charge in [0.1, 0.15) is 12.4 Å². The molecule has 0 bridgehead atoms. The summed E-state index contributed by atoms with van der Waals surface area (Å²) < 4.78 is 2.16. The SMILES string of the molecule is CCNC(=NCc1nccn1Cc1ccccc1)NCC1CCCS1. The standard InChI is InChI=1S/C19H27N5S/c1-2-20-19(22-13-17-9-6-12-25-17)23-14-18-21-10-11-24(18)15-16-7-4-3-5-8-16/h3-5,7-8,10-11,17H,2,6,9,12-15H2,1H3,(H2,20,22,23). The number of aliphatic imine (C=N–C) groups is 1. The van der Waals surface area contributed by atoms with Crippen LogP contribution in [0.15, 0.2) is 47.7 Å². The van der Waals surface area contributed by atoms with E-state index in [0.29, 0.717) is 11.8 Å². The fourth-order valence-corrected chi connectivity index (χ4v) is 4.12. The molecule has 2 N–H and O–H groups in total. The van der Waals surface area contributed by atoms with Gasteiger partial charge >= 0.3 is 0 Å². The summed E-state index contributed by atoms with van der Waals surface area (Å²) in [7, 11) is 0. The molecule has 3 rings (SSSR count). The van der Waals surface area contributed by atoms with Gasteiger partial charge in [-0.05, 0) is 31.1 Å². The van der Waals surface area contributed by atoms with Crippen LogP contribution in [0.2, 0.25) is 0 Å². The molecule has 1 aliphatic heterocycles. The molecular formula is C19H27N5S. The number of benzene rings is 1. The van der Waals surface area contributed by atoms with Crippen LogP contribution in [0.25, 0.3) is 0 Å². The number of imidazole rings is 1. The summed E-state index contributed by atoms with van der Waals surface area (Å²) in [6.07, 6.45) is 6.51. The van der Waals surface area contributed by atoms with Crippen molar-refractivity contribution in [2.45, 2.75) is 38.1 Å². The highest BCUT2D eigenvalue weighted by atomic mass is 32.2. The van der Waals surface area contributed by atoms with Gasteiger partial charge in [0.2, 0.25) is 0 Å². The Hall–Kier alpha value is -1.95. The smallest absolute Gasteiger partial charge is 0.191 e. The quantitative estimate of drug-likeness (QED) is 0.591. The highest BCUT2D eigenvalue weighted by molar-refractivity contribution is 8.00. The topological polar surface area (TPSA) is 54.2 Å². The van der Waals surface area contributed by atoms with Gasteiger partial charge < -0.3 is 15.2 Å². The summed E-state index contributed by atoms with van der Waals surface area (Å²) in [4.78, 5) is 9.20. The van der Waals surface area contributed by atoms with Gasteiger partial charge in [-0.15, -0.1) is 0 Å². The predicted octanol–water partition coefficient (Wildman–Crippen LogP) is 2.88. The monoisotopic (exact) mass is 357 g/mol. The Morgan fingerprint density at radius 2 is 2.20 bits per heavy atom. The molecule has 1 saturated heterocycles. The summed E-state index contributed by atoms with van der Waals surface area (Å²) in [6.45, 7) is 5.34.